The molecule has 0 amide bonds. The molecule has 4 aliphatic heterocycles. The molecule has 14 rings (SSSR count). The van der Waals surface area contributed by atoms with Gasteiger partial charge in [-0.05, 0) is 250 Å². The zero-order chi connectivity index (χ0) is 92.2. The van der Waals surface area contributed by atoms with Crippen LogP contribution in [0.3, 0.4) is 0 Å². The third-order valence-electron chi connectivity index (χ3n) is 26.3. The molecule has 2 atom stereocenters. The lowest BCUT2D eigenvalue weighted by Crippen LogP contribution is -2.29. The minimum atomic E-state index is -4.68. The van der Waals surface area contributed by atoms with Gasteiger partial charge in [0, 0.05) is 126 Å². The molecule has 5 aliphatic rings. The standard InChI is InChI=1S/C56H62N2O9S2.C51H60N2O6S/c1-38-36-41(23-31-49-55(2,3)52-45-18-11-9-16-39(45)21-29-47(52)57(49)33-13-7-8-20-51(59)66-6)54(67-43-25-27-44(28-26-43)69(63,64)65)42(37-38)24-32-50-56(4,5)53-46-19-12-10-17-40(46)22-30-48(53)58(50)34-14-15-35-68(60,61)62;1-38(54)22-10-9-19-35-52-43-32-30-39-23-14-16-25-41(39)48(43)50(2,3)45(52)27-11-6-5-7-12-28-46-51(4,34-18-8-13-29-47(55)56)49-42-26-17-15-24-40(42)31-33-44(49)53(46)36-20-21-37-60(57,58)59/h9-12,16-19,21-32,38H,7-8,13-15,20,33-37H2,1-6H3,(H-,60,61,62,63,64,65);5-7,11-12,14-17,23-28,30-33H,8-10,13,18-22,29,34-37H2,1-4H3,(H-,55,56,57,58,59)/p-1. The summed E-state index contributed by atoms with van der Waals surface area (Å²) in [5, 5.41) is 18.7. The van der Waals surface area contributed by atoms with Gasteiger partial charge in [-0.2, -0.15) is 9.15 Å². The summed E-state index contributed by atoms with van der Waals surface area (Å²) in [5.41, 5.74) is 14.4. The third kappa shape index (κ3) is 22.2. The van der Waals surface area contributed by atoms with E-state index in [1.54, 1.807) is 6.92 Å². The highest BCUT2D eigenvalue weighted by Gasteiger charge is 2.49. The molecule has 19 nitrogen and oxygen atoms in total. The second-order valence-corrected chi connectivity index (χ2v) is 41.2. The van der Waals surface area contributed by atoms with E-state index >= 15 is 0 Å². The third-order valence-corrected chi connectivity index (χ3v) is 28.7. The summed E-state index contributed by atoms with van der Waals surface area (Å²) in [6, 6.07) is 56.7. The van der Waals surface area contributed by atoms with E-state index in [4.69, 9.17) is 9.47 Å². The number of carboxylic acid groups (broad SMARTS) is 1. The Bertz CT molecular complexity index is 6460. The molecule has 0 fully saturated rings. The number of ether oxygens (including phenoxy) is 2. The van der Waals surface area contributed by atoms with Crippen molar-refractivity contribution in [3.63, 3.8) is 0 Å². The fourth-order valence-electron chi connectivity index (χ4n) is 20.2. The number of aliphatic carboxylic acids is 1. The van der Waals surface area contributed by atoms with Gasteiger partial charge in [-0.3, -0.25) is 9.59 Å². The Morgan fingerprint density at radius 1 is 0.465 bits per heavy atom. The summed E-state index contributed by atoms with van der Waals surface area (Å²) >= 11 is 0. The van der Waals surface area contributed by atoms with Gasteiger partial charge in [-0.1, -0.05) is 186 Å². The van der Waals surface area contributed by atoms with Gasteiger partial charge in [0.1, 0.15) is 40.5 Å². The first-order chi connectivity index (χ1) is 61.5. The fourth-order valence-corrected chi connectivity index (χ4v) is 21.7. The first kappa shape index (κ1) is 95.6. The number of anilines is 2. The first-order valence-electron chi connectivity index (χ1n) is 45.4. The number of Topliss-reactive ketones (excluding diaryl/α,β-unsaturated/α-hetero) is 1. The van der Waals surface area contributed by atoms with Gasteiger partial charge < -0.3 is 42.8 Å². The molecule has 0 radical (unpaired) electrons. The number of carboxylic acids is 1. The Morgan fingerprint density at radius 3 is 1.48 bits per heavy atom. The summed E-state index contributed by atoms with van der Waals surface area (Å²) in [5.74, 6) is -0.321. The van der Waals surface area contributed by atoms with Gasteiger partial charge in [-0.15, -0.1) is 0 Å². The lowest BCUT2D eigenvalue weighted by atomic mass is 9.75. The Kier molecular flexibility index (Phi) is 30.4. The Morgan fingerprint density at radius 2 is 0.930 bits per heavy atom. The number of ketones is 1. The van der Waals surface area contributed by atoms with Crippen molar-refractivity contribution in [2.24, 2.45) is 5.92 Å². The van der Waals surface area contributed by atoms with Crippen molar-refractivity contribution >= 4 is 125 Å². The average Bonchev–Trinajstić information content (AvgIpc) is 1.58. The SMILES string of the molecule is CC(=O)CCCCC[N+]1=C(C=CC=CC=CC=C2N(CCCCS(=O)(=O)[O-])c3ccc4ccccc4c3C2(C)CCCCCC(=O)O)C(C)(C)c2c1ccc1ccccc21.COC(=O)CCCCCN1/C(=C\C=C2/CC(C)CC(/C=C/C3=[N+](CCCCS(=O)(=O)[O-])c4ccc5ccccc5c4C3(C)C)=C2Oc2ccc(S(=O)(=O)[O-])cc2)C(C)(C)c2c1ccc1ccccc21. The number of hydrogen-bond acceptors (Lipinski definition) is 16. The van der Waals surface area contributed by atoms with Crippen molar-refractivity contribution in [2.45, 2.75) is 211 Å². The van der Waals surface area contributed by atoms with Crippen LogP contribution < -0.4 is 14.5 Å². The molecule has 9 aromatic rings. The Balaban J connectivity index is 0.000000222. The zero-order valence-electron chi connectivity index (χ0n) is 75.9. The molecule has 0 saturated heterocycles. The van der Waals surface area contributed by atoms with E-state index in [1.807, 2.05) is 30.4 Å². The van der Waals surface area contributed by atoms with Crippen molar-refractivity contribution in [3.8, 4) is 5.75 Å². The summed E-state index contributed by atoms with van der Waals surface area (Å²) in [6.45, 7) is 22.4. The number of methoxy groups -OCH3 is 1. The Hall–Kier alpha value is -11.0. The highest BCUT2D eigenvalue weighted by atomic mass is 32.2. The maximum atomic E-state index is 11.9. The zero-order valence-corrected chi connectivity index (χ0v) is 78.4. The van der Waals surface area contributed by atoms with Crippen LogP contribution in [0.4, 0.5) is 22.7 Å². The Labute approximate surface area is 761 Å². The molecular formula is C107H121N4O15S3-. The summed E-state index contributed by atoms with van der Waals surface area (Å²) < 4.78 is 121. The van der Waals surface area contributed by atoms with Gasteiger partial charge in [0.15, 0.2) is 11.4 Å². The number of hydrogen-bond donors (Lipinski definition) is 1. The largest absolute Gasteiger partial charge is 0.748 e. The normalized spacial score (nSPS) is 18.7. The van der Waals surface area contributed by atoms with E-state index in [9.17, 15) is 58.4 Å². The topological polar surface area (TPSA) is 274 Å². The van der Waals surface area contributed by atoms with Crippen molar-refractivity contribution in [3.05, 3.63) is 287 Å². The molecule has 129 heavy (non-hydrogen) atoms. The maximum absolute atomic E-state index is 11.9. The number of esters is 1. The molecule has 0 bridgehead atoms. The number of carbonyl (C=O) groups is 3. The van der Waals surface area contributed by atoms with Crippen molar-refractivity contribution in [1.82, 2.24) is 0 Å². The molecule has 2 unspecified atom stereocenters. The van der Waals surface area contributed by atoms with E-state index in [1.165, 1.54) is 92.0 Å². The molecule has 4 heterocycles. The molecule has 22 heteroatoms. The van der Waals surface area contributed by atoms with Crippen molar-refractivity contribution < 1.29 is 77.0 Å². The number of rotatable bonds is 38. The smallest absolute Gasteiger partial charge is 0.305 e. The van der Waals surface area contributed by atoms with E-state index in [0.29, 0.717) is 69.5 Å². The predicted molar refractivity (Wildman–Crippen MR) is 516 cm³/mol. The van der Waals surface area contributed by atoms with Crippen LogP contribution in [0.25, 0.3) is 43.1 Å². The second kappa shape index (κ2) is 41.0. The molecule has 678 valence electrons. The molecule has 1 aliphatic carbocycles. The average molecular weight is 1800 g/mol. The van der Waals surface area contributed by atoms with Gasteiger partial charge in [0.05, 0.1) is 43.1 Å². The number of carbonyl (C=O) groups excluding carboxylic acids is 2. The fraction of sp³-hybridized carbons (Fsp3) is 0.374. The number of nitrogens with zero attached hydrogens (tertiary/aromatic N) is 4. The van der Waals surface area contributed by atoms with Gasteiger partial charge in [0.2, 0.25) is 11.4 Å². The molecule has 0 spiro atoms. The van der Waals surface area contributed by atoms with E-state index in [2.05, 4.69) is 256 Å². The van der Waals surface area contributed by atoms with Crippen LogP contribution >= 0.6 is 0 Å². The lowest BCUT2D eigenvalue weighted by molar-refractivity contribution is -0.438. The van der Waals surface area contributed by atoms with Crippen LogP contribution in [0.2, 0.25) is 0 Å². The first-order valence-corrected chi connectivity index (χ1v) is 49.9. The lowest BCUT2D eigenvalue weighted by Gasteiger charge is -2.31. The number of fused-ring (bicyclic) bond motifs is 12. The summed E-state index contributed by atoms with van der Waals surface area (Å²) in [4.78, 5) is 39.1. The quantitative estimate of drug-likeness (QED) is 0.0124. The van der Waals surface area contributed by atoms with Gasteiger partial charge in [-0.25, -0.2) is 25.3 Å². The van der Waals surface area contributed by atoms with Crippen LogP contribution in [0, 0.1) is 5.92 Å². The summed E-state index contributed by atoms with van der Waals surface area (Å²) in [6.07, 6.45) is 35.9. The monoisotopic (exact) mass is 1800 g/mol. The number of unbranched alkanes of at least 4 members (excludes halogenated alkanes) is 8. The van der Waals surface area contributed by atoms with Gasteiger partial charge in [0.25, 0.3) is 0 Å². The molecule has 0 aromatic heterocycles. The predicted octanol–water partition coefficient (Wildman–Crippen LogP) is 22.5. The van der Waals surface area contributed by atoms with E-state index in [-0.39, 0.29) is 53.0 Å². The van der Waals surface area contributed by atoms with Crippen LogP contribution in [-0.4, -0.2) is 127 Å². The van der Waals surface area contributed by atoms with E-state index in [0.717, 1.165) is 132 Å². The van der Waals surface area contributed by atoms with Crippen molar-refractivity contribution in [1.29, 1.82) is 0 Å². The molecule has 0 saturated carbocycles. The minimum absolute atomic E-state index is 0.151. The van der Waals surface area contributed by atoms with Crippen LogP contribution in [-0.2, 0) is 71.1 Å². The highest BCUT2D eigenvalue weighted by molar-refractivity contribution is 7.86. The van der Waals surface area contributed by atoms with Crippen LogP contribution in [0.15, 0.2) is 270 Å². The highest BCUT2D eigenvalue weighted by Crippen LogP contribution is 2.55. The van der Waals surface area contributed by atoms with Gasteiger partial charge >= 0.3 is 11.9 Å². The van der Waals surface area contributed by atoms with Crippen LogP contribution in [0.5, 0.6) is 5.75 Å². The summed E-state index contributed by atoms with van der Waals surface area (Å²) in [7, 11) is -11.9. The van der Waals surface area contributed by atoms with Crippen LogP contribution in [0.1, 0.15) is 207 Å². The minimum Gasteiger partial charge on any atom is -0.748 e. The maximum Gasteiger partial charge on any atom is 0.305 e. The molecule has 9 aromatic carbocycles. The molecule has 1 N–H and O–H groups in total. The van der Waals surface area contributed by atoms with Crippen molar-refractivity contribution in [2.75, 3.05) is 54.6 Å². The van der Waals surface area contributed by atoms with E-state index < -0.39 is 58.3 Å². The second-order valence-electron chi connectivity index (χ2n) is 36.8. The molecular weight excluding hydrogens is 1680 g/mol. The number of allylic oxidation sites excluding steroid dienone is 15. The number of benzene rings is 9.